The second-order valence-corrected chi connectivity index (χ2v) is 9.87. The maximum absolute atomic E-state index is 13.5. The molecule has 2 N–H and O–H groups in total. The van der Waals surface area contributed by atoms with Gasteiger partial charge < -0.3 is 24.7 Å². The van der Waals surface area contributed by atoms with Crippen molar-refractivity contribution in [3.63, 3.8) is 0 Å². The minimum absolute atomic E-state index is 0.0418. The number of benzene rings is 1. The SMILES string of the molecule is O=C(NCCCN1CCOCC1)[C@@H]1[C@H]2C(=O)N(CCc3c[nH]c4ccccc34)C[C@]23C=C[C@H]1O3. The lowest BCUT2D eigenvalue weighted by molar-refractivity contribution is -0.137. The summed E-state index contributed by atoms with van der Waals surface area (Å²) in [5, 5.41) is 4.28. The molecule has 3 saturated heterocycles. The van der Waals surface area contributed by atoms with Crippen molar-refractivity contribution in [3.05, 3.63) is 48.2 Å². The Labute approximate surface area is 199 Å². The van der Waals surface area contributed by atoms with E-state index in [2.05, 4.69) is 27.3 Å². The van der Waals surface area contributed by atoms with Crippen LogP contribution in [0.15, 0.2) is 42.6 Å². The lowest BCUT2D eigenvalue weighted by atomic mass is 9.77. The lowest BCUT2D eigenvalue weighted by Gasteiger charge is -2.27. The van der Waals surface area contributed by atoms with Crippen LogP contribution in [0.2, 0.25) is 0 Å². The van der Waals surface area contributed by atoms with E-state index < -0.39 is 17.4 Å². The third-order valence-electron chi connectivity index (χ3n) is 7.86. The van der Waals surface area contributed by atoms with Crippen LogP contribution in [0, 0.1) is 11.8 Å². The van der Waals surface area contributed by atoms with E-state index in [0.717, 1.165) is 51.2 Å². The van der Waals surface area contributed by atoms with E-state index in [4.69, 9.17) is 9.47 Å². The summed E-state index contributed by atoms with van der Waals surface area (Å²) < 4.78 is 11.7. The highest BCUT2D eigenvalue weighted by Crippen LogP contribution is 2.51. The molecule has 2 amide bonds. The molecule has 1 aromatic carbocycles. The second kappa shape index (κ2) is 8.83. The number of amides is 2. The van der Waals surface area contributed by atoms with E-state index in [1.165, 1.54) is 10.9 Å². The number of rotatable bonds is 8. The number of hydrogen-bond donors (Lipinski definition) is 2. The summed E-state index contributed by atoms with van der Waals surface area (Å²) in [5.74, 6) is -0.890. The summed E-state index contributed by atoms with van der Waals surface area (Å²) >= 11 is 0. The predicted molar refractivity (Wildman–Crippen MR) is 127 cm³/mol. The van der Waals surface area contributed by atoms with E-state index in [0.29, 0.717) is 19.6 Å². The Kier molecular flexibility index (Phi) is 5.67. The average molecular weight is 465 g/mol. The quantitative estimate of drug-likeness (QED) is 0.455. The van der Waals surface area contributed by atoms with Crippen LogP contribution in [-0.2, 0) is 25.5 Å². The van der Waals surface area contributed by atoms with Crippen molar-refractivity contribution in [2.24, 2.45) is 11.8 Å². The van der Waals surface area contributed by atoms with E-state index >= 15 is 0 Å². The zero-order chi connectivity index (χ0) is 23.1. The minimum atomic E-state index is -0.655. The van der Waals surface area contributed by atoms with Crippen LogP contribution >= 0.6 is 0 Å². The molecule has 2 aromatic rings. The molecule has 1 aromatic heterocycles. The zero-order valence-corrected chi connectivity index (χ0v) is 19.4. The number of aromatic amines is 1. The number of carbonyl (C=O) groups is 2. The number of H-pyrrole nitrogens is 1. The third kappa shape index (κ3) is 3.74. The van der Waals surface area contributed by atoms with Crippen molar-refractivity contribution >= 4 is 22.7 Å². The van der Waals surface area contributed by atoms with Gasteiger partial charge in [0.25, 0.3) is 0 Å². The van der Waals surface area contributed by atoms with Gasteiger partial charge in [-0.05, 0) is 31.0 Å². The van der Waals surface area contributed by atoms with Crippen LogP contribution in [0.1, 0.15) is 12.0 Å². The molecule has 6 rings (SSSR count). The fourth-order valence-corrected chi connectivity index (χ4v) is 6.12. The summed E-state index contributed by atoms with van der Waals surface area (Å²) in [5.41, 5.74) is 1.65. The number of likely N-dealkylation sites (tertiary alicyclic amines) is 1. The van der Waals surface area contributed by atoms with Crippen LogP contribution in [0.4, 0.5) is 0 Å². The van der Waals surface area contributed by atoms with E-state index in [9.17, 15) is 9.59 Å². The van der Waals surface area contributed by atoms with Gasteiger partial charge in [-0.2, -0.15) is 0 Å². The molecule has 34 heavy (non-hydrogen) atoms. The van der Waals surface area contributed by atoms with Gasteiger partial charge in [-0.1, -0.05) is 30.4 Å². The van der Waals surface area contributed by atoms with Crippen LogP contribution in [0.5, 0.6) is 0 Å². The predicted octanol–water partition coefficient (Wildman–Crippen LogP) is 1.33. The molecule has 4 aliphatic rings. The van der Waals surface area contributed by atoms with Gasteiger partial charge in [0.1, 0.15) is 5.60 Å². The van der Waals surface area contributed by atoms with Gasteiger partial charge in [-0.25, -0.2) is 0 Å². The molecule has 8 heteroatoms. The number of nitrogens with zero attached hydrogens (tertiary/aromatic N) is 2. The highest BCUT2D eigenvalue weighted by Gasteiger charge is 2.66. The molecule has 1 spiro atoms. The van der Waals surface area contributed by atoms with Crippen LogP contribution < -0.4 is 5.32 Å². The first-order valence-corrected chi connectivity index (χ1v) is 12.4. The topological polar surface area (TPSA) is 86.9 Å². The first kappa shape index (κ1) is 21.8. The van der Waals surface area contributed by atoms with Gasteiger partial charge in [0.05, 0.1) is 37.7 Å². The number of nitrogens with one attached hydrogen (secondary N) is 2. The van der Waals surface area contributed by atoms with Gasteiger partial charge in [-0.3, -0.25) is 14.5 Å². The molecule has 0 radical (unpaired) electrons. The van der Waals surface area contributed by atoms with Crippen molar-refractivity contribution in [3.8, 4) is 0 Å². The summed E-state index contributed by atoms with van der Waals surface area (Å²) in [6.45, 7) is 6.16. The molecule has 0 unspecified atom stereocenters. The van der Waals surface area contributed by atoms with Crippen LogP contribution in [0.3, 0.4) is 0 Å². The Bertz CT molecular complexity index is 1110. The van der Waals surface area contributed by atoms with Crippen molar-refractivity contribution < 1.29 is 19.1 Å². The van der Waals surface area contributed by atoms with E-state index in [1.807, 2.05) is 35.4 Å². The Morgan fingerprint density at radius 3 is 2.94 bits per heavy atom. The fraction of sp³-hybridized carbons (Fsp3) is 0.538. The largest absolute Gasteiger partial charge is 0.379 e. The standard InChI is InChI=1S/C26H32N4O4/c31-24(27-9-3-10-29-12-14-33-15-13-29)22-21-6-8-26(34-21)17-30(25(32)23(22)26)11-7-18-16-28-20-5-2-1-4-19(18)20/h1-2,4-6,8,16,21-23,28H,3,7,9-15,17H2,(H,27,31)/t21-,22+,23+,26-/m1/s1. The first-order valence-electron chi connectivity index (χ1n) is 12.4. The Balaban J connectivity index is 1.07. The van der Waals surface area contributed by atoms with Gasteiger partial charge >= 0.3 is 0 Å². The fourth-order valence-electron chi connectivity index (χ4n) is 6.12. The summed E-state index contributed by atoms with van der Waals surface area (Å²) in [6.07, 6.45) is 7.38. The van der Waals surface area contributed by atoms with Gasteiger partial charge in [0.15, 0.2) is 0 Å². The number of fused-ring (bicyclic) bond motifs is 2. The molecular formula is C26H32N4O4. The lowest BCUT2D eigenvalue weighted by Crippen LogP contribution is -2.45. The summed E-state index contributed by atoms with van der Waals surface area (Å²) in [6, 6.07) is 8.21. The maximum Gasteiger partial charge on any atom is 0.230 e. The molecule has 3 fully saturated rings. The molecule has 2 bridgehead atoms. The molecule has 4 atom stereocenters. The summed E-state index contributed by atoms with van der Waals surface area (Å²) in [7, 11) is 0. The van der Waals surface area contributed by atoms with Crippen molar-refractivity contribution in [1.82, 2.24) is 20.1 Å². The molecule has 5 heterocycles. The first-order chi connectivity index (χ1) is 16.6. The van der Waals surface area contributed by atoms with Crippen LogP contribution in [-0.4, -0.2) is 90.8 Å². The highest BCUT2D eigenvalue weighted by molar-refractivity contribution is 5.93. The number of morpholine rings is 1. The van der Waals surface area contributed by atoms with Gasteiger partial charge in [0.2, 0.25) is 11.8 Å². The van der Waals surface area contributed by atoms with Crippen LogP contribution in [0.25, 0.3) is 10.9 Å². The van der Waals surface area contributed by atoms with Gasteiger partial charge in [-0.15, -0.1) is 0 Å². The van der Waals surface area contributed by atoms with Crippen molar-refractivity contribution in [2.75, 3.05) is 52.5 Å². The number of para-hydroxylation sites is 1. The van der Waals surface area contributed by atoms with Crippen molar-refractivity contribution in [2.45, 2.75) is 24.5 Å². The van der Waals surface area contributed by atoms with Gasteiger partial charge in [0, 0.05) is 43.3 Å². The Morgan fingerprint density at radius 2 is 2.06 bits per heavy atom. The zero-order valence-electron chi connectivity index (χ0n) is 19.4. The number of hydrogen-bond acceptors (Lipinski definition) is 5. The second-order valence-electron chi connectivity index (χ2n) is 9.87. The Morgan fingerprint density at radius 1 is 1.21 bits per heavy atom. The molecule has 8 nitrogen and oxygen atoms in total. The van der Waals surface area contributed by atoms with E-state index in [1.54, 1.807) is 0 Å². The third-order valence-corrected chi connectivity index (χ3v) is 7.86. The normalized spacial score (nSPS) is 30.4. The Hall–Kier alpha value is -2.68. The molecular weight excluding hydrogens is 432 g/mol. The number of aromatic nitrogens is 1. The number of ether oxygens (including phenoxy) is 2. The molecule has 180 valence electrons. The monoisotopic (exact) mass is 464 g/mol. The molecule has 0 aliphatic carbocycles. The summed E-state index contributed by atoms with van der Waals surface area (Å²) in [4.78, 5) is 34.1. The maximum atomic E-state index is 13.5. The molecule has 0 saturated carbocycles. The van der Waals surface area contributed by atoms with E-state index in [-0.39, 0.29) is 17.9 Å². The minimum Gasteiger partial charge on any atom is -0.379 e. The number of carbonyl (C=O) groups excluding carboxylic acids is 2. The average Bonchev–Trinajstić information content (AvgIpc) is 3.61. The highest BCUT2D eigenvalue weighted by atomic mass is 16.5. The van der Waals surface area contributed by atoms with Crippen molar-refractivity contribution in [1.29, 1.82) is 0 Å². The smallest absolute Gasteiger partial charge is 0.230 e. The molecule has 4 aliphatic heterocycles.